The van der Waals surface area contributed by atoms with E-state index in [0.717, 1.165) is 5.75 Å². The van der Waals surface area contributed by atoms with Gasteiger partial charge in [-0.3, -0.25) is 0 Å². The topological polar surface area (TPSA) is 78.6 Å². The summed E-state index contributed by atoms with van der Waals surface area (Å²) in [5, 5.41) is 14.6. The van der Waals surface area contributed by atoms with Crippen LogP contribution in [0.3, 0.4) is 0 Å². The van der Waals surface area contributed by atoms with Gasteiger partial charge in [0.1, 0.15) is 18.1 Å². The van der Waals surface area contributed by atoms with E-state index in [1.165, 1.54) is 11.8 Å². The van der Waals surface area contributed by atoms with Gasteiger partial charge in [0.15, 0.2) is 11.5 Å². The molecule has 0 amide bonds. The van der Waals surface area contributed by atoms with Crippen LogP contribution in [0, 0.1) is 0 Å². The number of rotatable bonds is 8. The van der Waals surface area contributed by atoms with E-state index >= 15 is 0 Å². The molecule has 0 saturated carbocycles. The van der Waals surface area contributed by atoms with Gasteiger partial charge in [0.05, 0.1) is 22.5 Å². The molecule has 4 rings (SSSR count). The molecule has 0 bridgehead atoms. The minimum Gasteiger partial charge on any atom is -0.483 e. The molecule has 0 aliphatic rings. The number of hydrogen-bond donors (Lipinski definition) is 0. The van der Waals surface area contributed by atoms with E-state index in [-0.39, 0.29) is 6.61 Å². The molecule has 7 nitrogen and oxygen atoms in total. The van der Waals surface area contributed by atoms with Crippen LogP contribution in [0.5, 0.6) is 5.75 Å². The minimum absolute atomic E-state index is 0.135. The summed E-state index contributed by atoms with van der Waals surface area (Å²) >= 11 is 19.7. The lowest BCUT2D eigenvalue weighted by Gasteiger charge is -2.08. The zero-order chi connectivity index (χ0) is 21.8. The lowest BCUT2D eigenvalue weighted by atomic mass is 10.3. The Bertz CT molecular complexity index is 1180. The first kappa shape index (κ1) is 21.8. The van der Waals surface area contributed by atoms with E-state index in [2.05, 4.69) is 15.3 Å². The fourth-order valence-corrected chi connectivity index (χ4v) is 4.15. The third kappa shape index (κ3) is 5.10. The van der Waals surface area contributed by atoms with Crippen molar-refractivity contribution < 1.29 is 13.6 Å². The van der Waals surface area contributed by atoms with Crippen molar-refractivity contribution in [2.45, 2.75) is 18.7 Å². The molecule has 0 aliphatic carbocycles. The Labute approximate surface area is 196 Å². The Balaban J connectivity index is 1.50. The van der Waals surface area contributed by atoms with Gasteiger partial charge < -0.3 is 13.6 Å². The fourth-order valence-electron chi connectivity index (χ4n) is 2.61. The third-order valence-electron chi connectivity index (χ3n) is 3.93. The number of furan rings is 2. The first-order chi connectivity index (χ1) is 15.0. The second kappa shape index (κ2) is 9.82. The molecule has 3 aromatic heterocycles. The van der Waals surface area contributed by atoms with E-state index in [9.17, 15) is 0 Å². The molecule has 31 heavy (non-hydrogen) atoms. The fraction of sp³-hybridized carbons (Fsp3) is 0.150. The minimum atomic E-state index is 0.135. The second-order valence-electron chi connectivity index (χ2n) is 6.06. The maximum atomic E-state index is 6.14. The number of benzene rings is 1. The van der Waals surface area contributed by atoms with Gasteiger partial charge in [0, 0.05) is 5.02 Å². The highest BCUT2D eigenvalue weighted by molar-refractivity contribution is 7.99. The molecule has 4 aromatic rings. The van der Waals surface area contributed by atoms with Crippen molar-refractivity contribution in [3.8, 4) is 17.3 Å². The second-order valence-corrected chi connectivity index (χ2v) is 8.55. The molecule has 0 unspecified atom stereocenters. The standard InChI is InChI=1S/C20H15Cl3N4O3S/c1-2-31-20-26-25-19(17-4-3-7-28-17)27(20)24-10-13-5-6-14(30-13)11-29-18-15(22)8-12(21)9-16(18)23/h3-10H,2,11H2,1H3. The van der Waals surface area contributed by atoms with Gasteiger partial charge in [0.2, 0.25) is 11.0 Å². The highest BCUT2D eigenvalue weighted by Crippen LogP contribution is 2.36. The smallest absolute Gasteiger partial charge is 0.221 e. The van der Waals surface area contributed by atoms with Crippen molar-refractivity contribution >= 4 is 52.8 Å². The number of aromatic nitrogens is 3. The van der Waals surface area contributed by atoms with Crippen molar-refractivity contribution in [1.82, 2.24) is 14.9 Å². The van der Waals surface area contributed by atoms with E-state index in [0.29, 0.717) is 49.1 Å². The molecule has 0 saturated heterocycles. The highest BCUT2D eigenvalue weighted by Gasteiger charge is 2.16. The maximum Gasteiger partial charge on any atom is 0.221 e. The Hall–Kier alpha value is -2.39. The van der Waals surface area contributed by atoms with Gasteiger partial charge in [-0.1, -0.05) is 53.5 Å². The molecule has 0 atom stereocenters. The van der Waals surface area contributed by atoms with Gasteiger partial charge in [-0.2, -0.15) is 9.78 Å². The van der Waals surface area contributed by atoms with Crippen LogP contribution in [-0.2, 0) is 6.61 Å². The SMILES string of the molecule is CCSc1nnc(-c2ccco2)n1N=Cc1ccc(COc2c(Cl)cc(Cl)cc2Cl)o1. The molecule has 0 aliphatic heterocycles. The molecule has 1 aromatic carbocycles. The maximum absolute atomic E-state index is 6.14. The molecular formula is C20H15Cl3N4O3S. The van der Waals surface area contributed by atoms with Crippen molar-refractivity contribution in [2.24, 2.45) is 5.10 Å². The zero-order valence-electron chi connectivity index (χ0n) is 16.1. The van der Waals surface area contributed by atoms with Crippen molar-refractivity contribution in [3.05, 3.63) is 69.2 Å². The molecule has 11 heteroatoms. The summed E-state index contributed by atoms with van der Waals surface area (Å²) in [6.07, 6.45) is 3.14. The summed E-state index contributed by atoms with van der Waals surface area (Å²) in [5.41, 5.74) is 0. The van der Waals surface area contributed by atoms with Crippen LogP contribution in [0.25, 0.3) is 11.6 Å². The van der Waals surface area contributed by atoms with Crippen LogP contribution in [0.4, 0.5) is 0 Å². The van der Waals surface area contributed by atoms with Crippen molar-refractivity contribution in [1.29, 1.82) is 0 Å². The largest absolute Gasteiger partial charge is 0.483 e. The summed E-state index contributed by atoms with van der Waals surface area (Å²) in [6, 6.07) is 10.3. The molecule has 0 spiro atoms. The van der Waals surface area contributed by atoms with Crippen LogP contribution in [0.2, 0.25) is 15.1 Å². The Kier molecular flexibility index (Phi) is 6.92. The normalized spacial score (nSPS) is 11.5. The average molecular weight is 498 g/mol. The Morgan fingerprint density at radius 1 is 1.16 bits per heavy atom. The number of nitrogens with zero attached hydrogens (tertiary/aromatic N) is 4. The van der Waals surface area contributed by atoms with Gasteiger partial charge in [-0.25, -0.2) is 0 Å². The summed E-state index contributed by atoms with van der Waals surface area (Å²) in [4.78, 5) is 0. The van der Waals surface area contributed by atoms with E-state index in [1.54, 1.807) is 53.6 Å². The van der Waals surface area contributed by atoms with Gasteiger partial charge in [-0.15, -0.1) is 10.2 Å². The van der Waals surface area contributed by atoms with Gasteiger partial charge in [0.25, 0.3) is 0 Å². The molecule has 0 N–H and O–H groups in total. The number of halogens is 3. The lowest BCUT2D eigenvalue weighted by Crippen LogP contribution is -1.96. The van der Waals surface area contributed by atoms with Crippen LogP contribution >= 0.6 is 46.6 Å². The first-order valence-corrected chi connectivity index (χ1v) is 11.2. The van der Waals surface area contributed by atoms with Gasteiger partial charge in [-0.05, 0) is 42.2 Å². The summed E-state index contributed by atoms with van der Waals surface area (Å²) < 4.78 is 18.5. The Morgan fingerprint density at radius 3 is 2.68 bits per heavy atom. The predicted molar refractivity (Wildman–Crippen MR) is 122 cm³/mol. The van der Waals surface area contributed by atoms with E-state index in [1.807, 2.05) is 6.92 Å². The van der Waals surface area contributed by atoms with E-state index < -0.39 is 0 Å². The monoisotopic (exact) mass is 496 g/mol. The molecule has 3 heterocycles. The van der Waals surface area contributed by atoms with Crippen LogP contribution in [-0.4, -0.2) is 26.8 Å². The first-order valence-electron chi connectivity index (χ1n) is 9.07. The number of ether oxygens (including phenoxy) is 1. The van der Waals surface area contributed by atoms with Crippen LogP contribution < -0.4 is 4.74 Å². The predicted octanol–water partition coefficient (Wildman–Crippen LogP) is 6.66. The molecular weight excluding hydrogens is 483 g/mol. The summed E-state index contributed by atoms with van der Waals surface area (Å²) in [7, 11) is 0. The average Bonchev–Trinajstić information content (AvgIpc) is 3.47. The van der Waals surface area contributed by atoms with Gasteiger partial charge >= 0.3 is 0 Å². The zero-order valence-corrected chi connectivity index (χ0v) is 19.2. The third-order valence-corrected chi connectivity index (χ3v) is 5.51. The Morgan fingerprint density at radius 2 is 1.97 bits per heavy atom. The van der Waals surface area contributed by atoms with Crippen molar-refractivity contribution in [3.63, 3.8) is 0 Å². The molecule has 0 radical (unpaired) electrons. The quantitative estimate of drug-likeness (QED) is 0.200. The molecule has 160 valence electrons. The highest BCUT2D eigenvalue weighted by atomic mass is 35.5. The summed E-state index contributed by atoms with van der Waals surface area (Å²) in [6.45, 7) is 2.16. The van der Waals surface area contributed by atoms with Crippen molar-refractivity contribution in [2.75, 3.05) is 5.75 Å². The van der Waals surface area contributed by atoms with E-state index in [4.69, 9.17) is 48.4 Å². The number of thioether (sulfide) groups is 1. The summed E-state index contributed by atoms with van der Waals surface area (Å²) in [5.74, 6) is 3.33. The molecule has 0 fully saturated rings. The number of hydrogen-bond acceptors (Lipinski definition) is 7. The lowest BCUT2D eigenvalue weighted by molar-refractivity contribution is 0.270. The van der Waals surface area contributed by atoms with Crippen LogP contribution in [0.15, 0.2) is 61.8 Å². The van der Waals surface area contributed by atoms with Crippen LogP contribution in [0.1, 0.15) is 18.4 Å².